The minimum atomic E-state index is -0.355. The quantitative estimate of drug-likeness (QED) is 0.813. The third-order valence-corrected chi connectivity index (χ3v) is 5.73. The van der Waals surface area contributed by atoms with Crippen molar-refractivity contribution in [1.29, 1.82) is 0 Å². The van der Waals surface area contributed by atoms with Crippen LogP contribution in [0.5, 0.6) is 0 Å². The van der Waals surface area contributed by atoms with Crippen molar-refractivity contribution in [3.63, 3.8) is 0 Å². The van der Waals surface area contributed by atoms with Crippen LogP contribution in [0.4, 0.5) is 4.39 Å². The summed E-state index contributed by atoms with van der Waals surface area (Å²) >= 11 is 5.81. The molecule has 0 spiro atoms. The van der Waals surface area contributed by atoms with Gasteiger partial charge >= 0.3 is 0 Å². The van der Waals surface area contributed by atoms with E-state index in [0.717, 1.165) is 50.3 Å². The summed E-state index contributed by atoms with van der Waals surface area (Å²) in [5.74, 6) is 0.564. The molecule has 2 aromatic rings. The molecule has 1 atom stereocenters. The summed E-state index contributed by atoms with van der Waals surface area (Å²) in [6.07, 6.45) is 6.37. The van der Waals surface area contributed by atoms with Gasteiger partial charge in [-0.3, -0.25) is 4.90 Å². The molecule has 1 fully saturated rings. The monoisotopic (exact) mass is 374 g/mol. The number of rotatable bonds is 3. The number of halogens is 2. The summed E-state index contributed by atoms with van der Waals surface area (Å²) < 4.78 is 13.8. The average molecular weight is 375 g/mol. The Bertz CT molecular complexity index is 797. The first-order chi connectivity index (χ1) is 12.6. The van der Waals surface area contributed by atoms with E-state index in [9.17, 15) is 4.39 Å². The predicted molar refractivity (Wildman–Crippen MR) is 100 cm³/mol. The minimum absolute atomic E-state index is 0.173. The Labute approximate surface area is 159 Å². The summed E-state index contributed by atoms with van der Waals surface area (Å²) in [6.45, 7) is 3.65. The molecular weight excluding hydrogens is 351 g/mol. The zero-order chi connectivity index (χ0) is 18.1. The van der Waals surface area contributed by atoms with E-state index in [4.69, 9.17) is 21.6 Å². The van der Waals surface area contributed by atoms with Gasteiger partial charge in [0.05, 0.1) is 11.1 Å². The van der Waals surface area contributed by atoms with Gasteiger partial charge in [0.25, 0.3) is 0 Å². The number of nitrogens with zero attached hydrogens (tertiary/aromatic N) is 4. The summed E-state index contributed by atoms with van der Waals surface area (Å²) in [7, 11) is 2.13. The molecule has 4 nitrogen and oxygen atoms in total. The highest BCUT2D eigenvalue weighted by Crippen LogP contribution is 2.31. The maximum atomic E-state index is 13.8. The van der Waals surface area contributed by atoms with Crippen molar-refractivity contribution in [3.8, 4) is 0 Å². The number of fused-ring (bicyclic) bond motifs is 1. The molecule has 4 rings (SSSR count). The minimum Gasteiger partial charge on any atom is -0.302 e. The smallest absolute Gasteiger partial charge is 0.145 e. The fourth-order valence-electron chi connectivity index (χ4n) is 3.98. The Morgan fingerprint density at radius 3 is 3.00 bits per heavy atom. The van der Waals surface area contributed by atoms with Crippen LogP contribution < -0.4 is 0 Å². The maximum Gasteiger partial charge on any atom is 0.145 e. The molecule has 0 amide bonds. The summed E-state index contributed by atoms with van der Waals surface area (Å²) in [5, 5.41) is 0.173. The molecule has 1 aromatic heterocycles. The van der Waals surface area contributed by atoms with E-state index in [1.165, 1.54) is 23.7 Å². The molecular formula is C20H24ClFN4. The Balaban J connectivity index is 1.56. The molecule has 1 saturated heterocycles. The van der Waals surface area contributed by atoms with Crippen molar-refractivity contribution in [2.24, 2.45) is 0 Å². The van der Waals surface area contributed by atoms with Crippen LogP contribution in [0.3, 0.4) is 0 Å². The van der Waals surface area contributed by atoms with Crippen molar-refractivity contribution in [2.75, 3.05) is 20.1 Å². The lowest BCUT2D eigenvalue weighted by Crippen LogP contribution is -2.35. The highest BCUT2D eigenvalue weighted by molar-refractivity contribution is 6.30. The van der Waals surface area contributed by atoms with E-state index in [-0.39, 0.29) is 16.9 Å². The highest BCUT2D eigenvalue weighted by atomic mass is 35.5. The van der Waals surface area contributed by atoms with Crippen molar-refractivity contribution in [2.45, 2.75) is 44.8 Å². The van der Waals surface area contributed by atoms with Gasteiger partial charge in [-0.15, -0.1) is 0 Å². The normalized spacial score (nSPS) is 21.6. The number of piperidine rings is 1. The van der Waals surface area contributed by atoms with Crippen LogP contribution in [-0.2, 0) is 19.5 Å². The largest absolute Gasteiger partial charge is 0.302 e. The molecule has 0 bridgehead atoms. The Hall–Kier alpha value is -1.56. The second kappa shape index (κ2) is 7.59. The fraction of sp³-hybridized carbons (Fsp3) is 0.500. The lowest BCUT2D eigenvalue weighted by molar-refractivity contribution is 0.133. The summed E-state index contributed by atoms with van der Waals surface area (Å²) in [5.41, 5.74) is 3.37. The van der Waals surface area contributed by atoms with Gasteiger partial charge in [0, 0.05) is 43.5 Å². The molecule has 0 N–H and O–H groups in total. The van der Waals surface area contributed by atoms with Gasteiger partial charge in [-0.1, -0.05) is 24.1 Å². The zero-order valence-electron chi connectivity index (χ0n) is 15.1. The standard InChI is InChI=1S/C20H24ClFN4/c1-25-9-7-18-15(13-25)11-23-20(24-18)19-4-2-3-8-26(19)12-14-5-6-16(21)17(22)10-14/h5-6,10-11,19H,2-4,7-9,12-13H2,1H3/t19-/m1/s1. The second-order valence-electron chi connectivity index (χ2n) is 7.42. The molecule has 0 saturated carbocycles. The Kier molecular flexibility index (Phi) is 5.20. The van der Waals surface area contributed by atoms with Crippen LogP contribution in [-0.4, -0.2) is 39.9 Å². The van der Waals surface area contributed by atoms with Crippen molar-refractivity contribution in [3.05, 3.63) is 57.9 Å². The first kappa shape index (κ1) is 17.8. The van der Waals surface area contributed by atoms with E-state index in [0.29, 0.717) is 6.54 Å². The van der Waals surface area contributed by atoms with Crippen LogP contribution in [0.2, 0.25) is 5.02 Å². The molecule has 3 heterocycles. The van der Waals surface area contributed by atoms with E-state index in [1.54, 1.807) is 6.07 Å². The lowest BCUT2D eigenvalue weighted by Gasteiger charge is -2.35. The highest BCUT2D eigenvalue weighted by Gasteiger charge is 2.27. The number of benzene rings is 1. The van der Waals surface area contributed by atoms with Crippen LogP contribution in [0.15, 0.2) is 24.4 Å². The number of hydrogen-bond donors (Lipinski definition) is 0. The Morgan fingerprint density at radius 1 is 1.27 bits per heavy atom. The maximum absolute atomic E-state index is 13.8. The number of likely N-dealkylation sites (N-methyl/N-ethyl adjacent to an activating group) is 1. The number of aromatic nitrogens is 2. The van der Waals surface area contributed by atoms with Gasteiger partial charge in [0.2, 0.25) is 0 Å². The topological polar surface area (TPSA) is 32.3 Å². The number of hydrogen-bond acceptors (Lipinski definition) is 4. The van der Waals surface area contributed by atoms with E-state index < -0.39 is 0 Å². The molecule has 2 aliphatic rings. The van der Waals surface area contributed by atoms with Crippen LogP contribution in [0.1, 0.15) is 47.9 Å². The zero-order valence-corrected chi connectivity index (χ0v) is 15.8. The van der Waals surface area contributed by atoms with Crippen LogP contribution in [0.25, 0.3) is 0 Å². The SMILES string of the molecule is CN1CCc2nc([C@H]3CCCCN3Cc3ccc(Cl)c(F)c3)ncc2C1. The molecule has 26 heavy (non-hydrogen) atoms. The molecule has 2 aliphatic heterocycles. The van der Waals surface area contributed by atoms with Gasteiger partial charge in [0.15, 0.2) is 0 Å². The molecule has 0 aliphatic carbocycles. The summed E-state index contributed by atoms with van der Waals surface area (Å²) in [6, 6.07) is 5.28. The van der Waals surface area contributed by atoms with E-state index in [2.05, 4.69) is 16.8 Å². The molecule has 0 radical (unpaired) electrons. The third kappa shape index (κ3) is 3.75. The lowest BCUT2D eigenvalue weighted by atomic mass is 9.99. The third-order valence-electron chi connectivity index (χ3n) is 5.42. The van der Waals surface area contributed by atoms with Crippen molar-refractivity contribution in [1.82, 2.24) is 19.8 Å². The average Bonchev–Trinajstić information content (AvgIpc) is 2.65. The van der Waals surface area contributed by atoms with Gasteiger partial charge in [-0.25, -0.2) is 14.4 Å². The van der Waals surface area contributed by atoms with Crippen LogP contribution >= 0.6 is 11.6 Å². The van der Waals surface area contributed by atoms with E-state index in [1.807, 2.05) is 12.3 Å². The van der Waals surface area contributed by atoms with Gasteiger partial charge in [-0.2, -0.15) is 0 Å². The first-order valence-electron chi connectivity index (χ1n) is 9.31. The number of likely N-dealkylation sites (tertiary alicyclic amines) is 1. The first-order valence-corrected chi connectivity index (χ1v) is 9.69. The van der Waals surface area contributed by atoms with Crippen molar-refractivity contribution >= 4 is 11.6 Å². The molecule has 138 valence electrons. The van der Waals surface area contributed by atoms with Gasteiger partial charge < -0.3 is 4.90 Å². The predicted octanol–water partition coefficient (Wildman–Crippen LogP) is 3.98. The Morgan fingerprint density at radius 2 is 2.15 bits per heavy atom. The summed E-state index contributed by atoms with van der Waals surface area (Å²) in [4.78, 5) is 14.3. The van der Waals surface area contributed by atoms with E-state index >= 15 is 0 Å². The van der Waals surface area contributed by atoms with Gasteiger partial charge in [0.1, 0.15) is 11.6 Å². The van der Waals surface area contributed by atoms with Gasteiger partial charge in [-0.05, 0) is 44.1 Å². The fourth-order valence-corrected chi connectivity index (χ4v) is 4.10. The molecule has 6 heteroatoms. The molecule has 0 unspecified atom stereocenters. The second-order valence-corrected chi connectivity index (χ2v) is 7.83. The van der Waals surface area contributed by atoms with Crippen molar-refractivity contribution < 1.29 is 4.39 Å². The van der Waals surface area contributed by atoms with Crippen LogP contribution in [0, 0.1) is 5.82 Å². The molecule has 1 aromatic carbocycles.